The number of rotatable bonds is 24. The summed E-state index contributed by atoms with van der Waals surface area (Å²) in [5.74, 6) is 0. The van der Waals surface area contributed by atoms with Gasteiger partial charge in [0.2, 0.25) is 0 Å². The van der Waals surface area contributed by atoms with Crippen LogP contribution in [0.3, 0.4) is 0 Å². The molecular weight excluding hydrogens is 539 g/mol. The molecule has 0 heterocycles. The summed E-state index contributed by atoms with van der Waals surface area (Å²) in [5.41, 5.74) is 0.293. The van der Waals surface area contributed by atoms with Crippen LogP contribution >= 0.6 is 17.8 Å². The highest BCUT2D eigenvalue weighted by molar-refractivity contribution is 7.57. The van der Waals surface area contributed by atoms with Crippen LogP contribution < -0.4 is 12.4 Å². The van der Waals surface area contributed by atoms with Crippen molar-refractivity contribution < 1.29 is 25.6 Å². The van der Waals surface area contributed by atoms with E-state index in [-0.39, 0.29) is 30.2 Å². The van der Waals surface area contributed by atoms with Crippen molar-refractivity contribution in [2.24, 2.45) is 0 Å². The Morgan fingerprint density at radius 3 is 1.39 bits per heavy atom. The molecule has 0 radical (unpaired) electrons. The first-order chi connectivity index (χ1) is 17.5. The second-order valence-electron chi connectivity index (χ2n) is 10.8. The van der Waals surface area contributed by atoms with Gasteiger partial charge in [-0.1, -0.05) is 128 Å². The van der Waals surface area contributed by atoms with Gasteiger partial charge in [-0.05, 0) is 72.1 Å². The molecule has 0 fully saturated rings. The third kappa shape index (κ3) is 22.9. The molecule has 1 atom stereocenters. The van der Waals surface area contributed by atoms with Crippen molar-refractivity contribution >= 4 is 17.8 Å². The minimum atomic E-state index is -4.24. The zero-order valence-electron chi connectivity index (χ0n) is 25.0. The highest BCUT2D eigenvalue weighted by atomic mass is 35.5. The van der Waals surface area contributed by atoms with Crippen LogP contribution in [-0.4, -0.2) is 18.5 Å². The van der Waals surface area contributed by atoms with E-state index in [0.717, 1.165) is 30.9 Å². The Kier molecular flexibility index (Phi) is 29.0. The largest absolute Gasteiger partial charge is 1.00 e. The van der Waals surface area contributed by atoms with E-state index < -0.39 is 11.7 Å². The standard InChI is InChI=1S/C32H56F3P.ClH.H3P/c1-3-5-7-9-15-19-26-36(27-20-16-10-8-6-4-2)28-21-17-13-11-12-14-18-23-30-24-22-25-31(29-30)32(33,34)35;;/h22,24-25,29H,3-21,23,26-28H2,1-2H3;1H;1H3. The Morgan fingerprint density at radius 2 is 0.974 bits per heavy atom. The van der Waals surface area contributed by atoms with Gasteiger partial charge in [0.15, 0.2) is 0 Å². The molecule has 6 heteroatoms. The van der Waals surface area contributed by atoms with Crippen LogP contribution in [0.25, 0.3) is 0 Å². The van der Waals surface area contributed by atoms with Crippen LogP contribution in [0.15, 0.2) is 24.3 Å². The molecule has 38 heavy (non-hydrogen) atoms. The molecule has 0 spiro atoms. The summed E-state index contributed by atoms with van der Waals surface area (Å²) in [6.45, 7) is 4.58. The number of hydrogen-bond acceptors (Lipinski definition) is 0. The Labute approximate surface area is 245 Å². The summed E-state index contributed by atoms with van der Waals surface area (Å²) in [6, 6.07) is 5.83. The highest BCUT2D eigenvalue weighted by Gasteiger charge is 2.30. The minimum absolute atomic E-state index is 0. The lowest BCUT2D eigenvalue weighted by molar-refractivity contribution is -0.137. The van der Waals surface area contributed by atoms with Gasteiger partial charge >= 0.3 is 6.18 Å². The Hall–Kier alpha value is 0.160. The SMILES string of the molecule is CCCCCCCCP(CCCCCCCC)CCCCCCCCCc1cccc(C(F)(F)F)c1.[Cl-].[PH4+]. The van der Waals surface area contributed by atoms with Gasteiger partial charge in [0, 0.05) is 0 Å². The van der Waals surface area contributed by atoms with Gasteiger partial charge in [-0.15, -0.1) is 7.92 Å². The molecule has 1 aromatic rings. The number of halogens is 4. The lowest BCUT2D eigenvalue weighted by atomic mass is 10.0. The first-order valence-electron chi connectivity index (χ1n) is 15.4. The summed E-state index contributed by atoms with van der Waals surface area (Å²) in [4.78, 5) is 0. The first kappa shape index (κ1) is 40.3. The van der Waals surface area contributed by atoms with Crippen molar-refractivity contribution in [2.75, 3.05) is 18.5 Å². The van der Waals surface area contributed by atoms with E-state index in [1.807, 2.05) is 6.07 Å². The van der Waals surface area contributed by atoms with Crippen LogP contribution in [0.1, 0.15) is 147 Å². The number of alkyl halides is 3. The molecule has 0 amide bonds. The predicted molar refractivity (Wildman–Crippen MR) is 168 cm³/mol. The van der Waals surface area contributed by atoms with Crippen molar-refractivity contribution in [1.29, 1.82) is 0 Å². The molecule has 0 aliphatic heterocycles. The number of hydrogen-bond donors (Lipinski definition) is 0. The molecule has 0 N–H and O–H groups in total. The van der Waals surface area contributed by atoms with E-state index in [1.165, 1.54) is 140 Å². The van der Waals surface area contributed by atoms with Crippen LogP contribution in [0.2, 0.25) is 0 Å². The summed E-state index contributed by atoms with van der Waals surface area (Å²) in [6.07, 6.45) is 26.7. The lowest BCUT2D eigenvalue weighted by Gasteiger charge is -2.18. The molecule has 0 saturated carbocycles. The smallest absolute Gasteiger partial charge is 0.416 e. The predicted octanol–water partition coefficient (Wildman–Crippen LogP) is 8.98. The van der Waals surface area contributed by atoms with Crippen molar-refractivity contribution in [3.8, 4) is 0 Å². The van der Waals surface area contributed by atoms with Gasteiger partial charge < -0.3 is 12.4 Å². The quantitative estimate of drug-likeness (QED) is 0.0823. The molecule has 0 aliphatic rings. The fraction of sp³-hybridized carbons (Fsp3) is 0.812. The Balaban J connectivity index is 0. The molecule has 1 rings (SSSR count). The molecule has 1 unspecified atom stereocenters. The van der Waals surface area contributed by atoms with Gasteiger partial charge in [0.05, 0.1) is 5.56 Å². The molecule has 1 aromatic carbocycles. The summed E-state index contributed by atoms with van der Waals surface area (Å²) < 4.78 is 38.5. The third-order valence-electron chi connectivity index (χ3n) is 7.35. The number of aryl methyl sites for hydroxylation is 1. The molecule has 0 saturated heterocycles. The zero-order valence-corrected chi connectivity index (χ0v) is 28.7. The average molecular weight is 599 g/mol. The van der Waals surface area contributed by atoms with Crippen molar-refractivity contribution in [3.63, 3.8) is 0 Å². The Morgan fingerprint density at radius 1 is 0.579 bits per heavy atom. The topological polar surface area (TPSA) is 0 Å². The van der Waals surface area contributed by atoms with E-state index in [2.05, 4.69) is 13.8 Å². The molecule has 0 aliphatic carbocycles. The number of benzene rings is 1. The van der Waals surface area contributed by atoms with Crippen LogP contribution in [0.4, 0.5) is 13.2 Å². The maximum atomic E-state index is 12.8. The van der Waals surface area contributed by atoms with Crippen LogP contribution in [0.5, 0.6) is 0 Å². The second kappa shape index (κ2) is 27.3. The fourth-order valence-electron chi connectivity index (χ4n) is 5.02. The van der Waals surface area contributed by atoms with Crippen LogP contribution in [0, 0.1) is 0 Å². The summed E-state index contributed by atoms with van der Waals surface area (Å²) >= 11 is 0. The van der Waals surface area contributed by atoms with E-state index in [9.17, 15) is 13.2 Å². The molecule has 0 bridgehead atoms. The van der Waals surface area contributed by atoms with Gasteiger partial charge in [-0.3, -0.25) is 0 Å². The molecular formula is C32H60ClF3P2. The number of unbranched alkanes of at least 4 members (excludes halogenated alkanes) is 16. The van der Waals surface area contributed by atoms with Gasteiger partial charge in [0.1, 0.15) is 0 Å². The zero-order chi connectivity index (χ0) is 26.3. The summed E-state index contributed by atoms with van der Waals surface area (Å²) in [7, 11) is 0.243. The summed E-state index contributed by atoms with van der Waals surface area (Å²) in [5, 5.41) is 0. The maximum Gasteiger partial charge on any atom is 0.416 e. The monoisotopic (exact) mass is 598 g/mol. The van der Waals surface area contributed by atoms with Crippen molar-refractivity contribution in [3.05, 3.63) is 35.4 Å². The van der Waals surface area contributed by atoms with Crippen LogP contribution in [-0.2, 0) is 12.6 Å². The highest BCUT2D eigenvalue weighted by Crippen LogP contribution is 2.39. The maximum absolute atomic E-state index is 12.8. The molecule has 226 valence electrons. The lowest BCUT2D eigenvalue weighted by Crippen LogP contribution is -3.00. The van der Waals surface area contributed by atoms with E-state index in [4.69, 9.17) is 0 Å². The van der Waals surface area contributed by atoms with Crippen molar-refractivity contribution in [2.45, 2.75) is 148 Å². The Bertz CT molecular complexity index is 609. The molecule has 0 aromatic heterocycles. The van der Waals surface area contributed by atoms with E-state index >= 15 is 0 Å². The fourth-order valence-corrected chi connectivity index (χ4v) is 7.70. The third-order valence-corrected chi connectivity index (χ3v) is 10.2. The first-order valence-corrected chi connectivity index (χ1v) is 17.3. The second-order valence-corrected chi connectivity index (χ2v) is 13.5. The minimum Gasteiger partial charge on any atom is -1.00 e. The van der Waals surface area contributed by atoms with Gasteiger partial charge in [-0.2, -0.15) is 13.2 Å². The van der Waals surface area contributed by atoms with Crippen molar-refractivity contribution in [1.82, 2.24) is 0 Å². The average Bonchev–Trinajstić information content (AvgIpc) is 2.86. The van der Waals surface area contributed by atoms with E-state index in [1.54, 1.807) is 0 Å². The van der Waals surface area contributed by atoms with E-state index in [0.29, 0.717) is 0 Å². The van der Waals surface area contributed by atoms with Gasteiger partial charge in [-0.25, -0.2) is 0 Å². The molecule has 0 nitrogen and oxygen atoms in total. The van der Waals surface area contributed by atoms with Gasteiger partial charge in [0.25, 0.3) is 0 Å². The normalized spacial score (nSPS) is 11.4.